The minimum Gasteiger partial charge on any atom is -0.355 e. The van der Waals surface area contributed by atoms with Crippen molar-refractivity contribution in [2.45, 2.75) is 37.5 Å². The monoisotopic (exact) mass is 263 g/mol. The van der Waals surface area contributed by atoms with E-state index in [1.807, 2.05) is 18.2 Å². The van der Waals surface area contributed by atoms with E-state index in [1.165, 1.54) is 17.7 Å². The highest BCUT2D eigenvalue weighted by Crippen LogP contribution is 2.37. The summed E-state index contributed by atoms with van der Waals surface area (Å²) in [6.45, 7) is 2.85. The van der Waals surface area contributed by atoms with E-state index in [0.717, 1.165) is 25.1 Å². The molecule has 2 nitrogen and oxygen atoms in total. The molecule has 1 fully saturated rings. The van der Waals surface area contributed by atoms with Gasteiger partial charge >= 0.3 is 0 Å². The zero-order chi connectivity index (χ0) is 12.8. The SMILES string of the molecule is CC1(C(=O)NCCSc2ccccc2)CCCC1. The minimum atomic E-state index is -0.0998. The number of rotatable bonds is 5. The summed E-state index contributed by atoms with van der Waals surface area (Å²) in [5.74, 6) is 1.18. The molecule has 1 amide bonds. The fraction of sp³-hybridized carbons (Fsp3) is 0.533. The fourth-order valence-electron chi connectivity index (χ4n) is 2.45. The number of nitrogens with one attached hydrogen (secondary N) is 1. The average molecular weight is 263 g/mol. The molecule has 1 saturated carbocycles. The van der Waals surface area contributed by atoms with Crippen LogP contribution in [0.3, 0.4) is 0 Å². The Hall–Kier alpha value is -0.960. The quantitative estimate of drug-likeness (QED) is 0.651. The number of benzene rings is 1. The van der Waals surface area contributed by atoms with Gasteiger partial charge < -0.3 is 5.32 Å². The average Bonchev–Trinajstić information content (AvgIpc) is 2.84. The highest BCUT2D eigenvalue weighted by atomic mass is 32.2. The van der Waals surface area contributed by atoms with Gasteiger partial charge in [-0.05, 0) is 25.0 Å². The smallest absolute Gasteiger partial charge is 0.225 e. The van der Waals surface area contributed by atoms with Crippen LogP contribution in [0.5, 0.6) is 0 Å². The molecule has 1 aliphatic carbocycles. The van der Waals surface area contributed by atoms with Gasteiger partial charge in [0.1, 0.15) is 0 Å². The van der Waals surface area contributed by atoms with Crippen LogP contribution in [0.25, 0.3) is 0 Å². The van der Waals surface area contributed by atoms with Crippen LogP contribution >= 0.6 is 11.8 Å². The standard InChI is InChI=1S/C15H21NOS/c1-15(9-5-6-10-15)14(17)16-11-12-18-13-7-3-2-4-8-13/h2-4,7-8H,5-6,9-12H2,1H3,(H,16,17). The highest BCUT2D eigenvalue weighted by molar-refractivity contribution is 7.99. The molecule has 1 aliphatic rings. The zero-order valence-corrected chi connectivity index (χ0v) is 11.8. The Morgan fingerprint density at radius 3 is 2.61 bits per heavy atom. The van der Waals surface area contributed by atoms with Gasteiger partial charge in [0.2, 0.25) is 5.91 Å². The molecule has 0 bridgehead atoms. The van der Waals surface area contributed by atoms with Crippen LogP contribution in [0.4, 0.5) is 0 Å². The Balaban J connectivity index is 1.68. The van der Waals surface area contributed by atoms with Crippen LogP contribution < -0.4 is 5.32 Å². The second-order valence-corrected chi connectivity index (χ2v) is 6.35. The molecular weight excluding hydrogens is 242 g/mol. The molecule has 1 N–H and O–H groups in total. The van der Waals surface area contributed by atoms with Gasteiger partial charge in [-0.25, -0.2) is 0 Å². The molecule has 0 aromatic heterocycles. The third-order valence-electron chi connectivity index (χ3n) is 3.65. The first kappa shape index (κ1) is 13.5. The Morgan fingerprint density at radius 2 is 1.94 bits per heavy atom. The van der Waals surface area contributed by atoms with Crippen molar-refractivity contribution in [3.8, 4) is 0 Å². The van der Waals surface area contributed by atoms with Gasteiger partial charge in [0, 0.05) is 22.6 Å². The van der Waals surface area contributed by atoms with E-state index in [2.05, 4.69) is 24.4 Å². The van der Waals surface area contributed by atoms with Gasteiger partial charge in [0.15, 0.2) is 0 Å². The lowest BCUT2D eigenvalue weighted by molar-refractivity contribution is -0.129. The predicted octanol–water partition coefficient (Wildman–Crippen LogP) is 3.48. The number of thioether (sulfide) groups is 1. The third-order valence-corrected chi connectivity index (χ3v) is 4.67. The van der Waals surface area contributed by atoms with Gasteiger partial charge in [-0.15, -0.1) is 11.8 Å². The largest absolute Gasteiger partial charge is 0.355 e. The van der Waals surface area contributed by atoms with E-state index in [4.69, 9.17) is 0 Å². The van der Waals surface area contributed by atoms with Crippen LogP contribution in [0.2, 0.25) is 0 Å². The van der Waals surface area contributed by atoms with Crippen molar-refractivity contribution < 1.29 is 4.79 Å². The summed E-state index contributed by atoms with van der Waals surface area (Å²) in [5.41, 5.74) is -0.0998. The van der Waals surface area contributed by atoms with Crippen molar-refractivity contribution in [2.75, 3.05) is 12.3 Å². The van der Waals surface area contributed by atoms with Crippen molar-refractivity contribution in [3.05, 3.63) is 30.3 Å². The van der Waals surface area contributed by atoms with Gasteiger partial charge in [0.25, 0.3) is 0 Å². The minimum absolute atomic E-state index is 0.0998. The zero-order valence-electron chi connectivity index (χ0n) is 10.9. The normalized spacial score (nSPS) is 17.6. The maximum absolute atomic E-state index is 12.1. The Labute approximate surface area is 114 Å². The maximum Gasteiger partial charge on any atom is 0.225 e. The summed E-state index contributed by atoms with van der Waals surface area (Å²) < 4.78 is 0. The Kier molecular flexibility index (Phi) is 4.70. The van der Waals surface area contributed by atoms with E-state index in [1.54, 1.807) is 11.8 Å². The van der Waals surface area contributed by atoms with E-state index >= 15 is 0 Å². The van der Waals surface area contributed by atoms with Gasteiger partial charge in [-0.3, -0.25) is 4.79 Å². The van der Waals surface area contributed by atoms with E-state index in [9.17, 15) is 4.79 Å². The van der Waals surface area contributed by atoms with E-state index in [0.29, 0.717) is 0 Å². The number of hydrogen-bond donors (Lipinski definition) is 1. The Morgan fingerprint density at radius 1 is 1.28 bits per heavy atom. The summed E-state index contributed by atoms with van der Waals surface area (Å²) >= 11 is 1.79. The molecule has 0 saturated heterocycles. The number of carbonyl (C=O) groups is 1. The van der Waals surface area contributed by atoms with Crippen LogP contribution in [0.1, 0.15) is 32.6 Å². The summed E-state index contributed by atoms with van der Waals surface area (Å²) in [4.78, 5) is 13.3. The van der Waals surface area contributed by atoms with Crippen molar-refractivity contribution in [1.82, 2.24) is 5.32 Å². The maximum atomic E-state index is 12.1. The highest BCUT2D eigenvalue weighted by Gasteiger charge is 2.35. The van der Waals surface area contributed by atoms with Crippen LogP contribution in [-0.2, 0) is 4.79 Å². The molecule has 0 radical (unpaired) electrons. The molecule has 1 aromatic rings. The van der Waals surface area contributed by atoms with Crippen LogP contribution in [0, 0.1) is 5.41 Å². The van der Waals surface area contributed by atoms with E-state index < -0.39 is 0 Å². The first-order valence-electron chi connectivity index (χ1n) is 6.67. The molecule has 0 heterocycles. The van der Waals surface area contributed by atoms with Crippen LogP contribution in [0.15, 0.2) is 35.2 Å². The topological polar surface area (TPSA) is 29.1 Å². The molecule has 1 aromatic carbocycles. The molecule has 18 heavy (non-hydrogen) atoms. The lowest BCUT2D eigenvalue weighted by Crippen LogP contribution is -2.38. The number of amides is 1. The van der Waals surface area contributed by atoms with Crippen molar-refractivity contribution in [1.29, 1.82) is 0 Å². The second kappa shape index (κ2) is 6.28. The van der Waals surface area contributed by atoms with Crippen LogP contribution in [-0.4, -0.2) is 18.2 Å². The Bertz CT molecular complexity index is 385. The third kappa shape index (κ3) is 3.52. The molecule has 0 unspecified atom stereocenters. The first-order chi connectivity index (χ1) is 8.71. The lowest BCUT2D eigenvalue weighted by atomic mass is 9.88. The fourth-order valence-corrected chi connectivity index (χ4v) is 3.24. The number of carbonyl (C=O) groups excluding carboxylic acids is 1. The second-order valence-electron chi connectivity index (χ2n) is 5.19. The van der Waals surface area contributed by atoms with Gasteiger partial charge in [0.05, 0.1) is 0 Å². The van der Waals surface area contributed by atoms with Gasteiger partial charge in [-0.2, -0.15) is 0 Å². The summed E-state index contributed by atoms with van der Waals surface area (Å²) in [6, 6.07) is 10.3. The van der Waals surface area contributed by atoms with Crippen molar-refractivity contribution in [2.24, 2.45) is 5.41 Å². The molecule has 0 spiro atoms. The summed E-state index contributed by atoms with van der Waals surface area (Å²) in [6.07, 6.45) is 4.49. The molecule has 2 rings (SSSR count). The molecule has 3 heteroatoms. The van der Waals surface area contributed by atoms with Gasteiger partial charge in [-0.1, -0.05) is 38.0 Å². The number of hydrogen-bond acceptors (Lipinski definition) is 2. The van der Waals surface area contributed by atoms with E-state index in [-0.39, 0.29) is 11.3 Å². The predicted molar refractivity (Wildman–Crippen MR) is 76.8 cm³/mol. The van der Waals surface area contributed by atoms with Crippen molar-refractivity contribution >= 4 is 17.7 Å². The summed E-state index contributed by atoms with van der Waals surface area (Å²) in [7, 11) is 0. The molecular formula is C15H21NOS. The molecule has 98 valence electrons. The first-order valence-corrected chi connectivity index (χ1v) is 7.65. The molecule has 0 atom stereocenters. The van der Waals surface area contributed by atoms with Crippen molar-refractivity contribution in [3.63, 3.8) is 0 Å². The summed E-state index contributed by atoms with van der Waals surface area (Å²) in [5, 5.41) is 3.08. The molecule has 0 aliphatic heterocycles. The lowest BCUT2D eigenvalue weighted by Gasteiger charge is -2.22.